The fourth-order valence-corrected chi connectivity index (χ4v) is 2.06. The van der Waals surface area contributed by atoms with Crippen LogP contribution in [0.5, 0.6) is 0 Å². The maximum Gasteiger partial charge on any atom is 0.339 e. The predicted octanol–water partition coefficient (Wildman–Crippen LogP) is 3.52. The van der Waals surface area contributed by atoms with E-state index >= 15 is 0 Å². The summed E-state index contributed by atoms with van der Waals surface area (Å²) in [4.78, 5) is 23.4. The molecule has 0 unspecified atom stereocenters. The minimum absolute atomic E-state index is 0.191. The van der Waals surface area contributed by atoms with Gasteiger partial charge < -0.3 is 10.1 Å². The average Bonchev–Trinajstić information content (AvgIpc) is 2.48. The minimum Gasteiger partial charge on any atom is -0.452 e. The molecule has 0 aliphatic carbocycles. The number of hydrogen-bond donors (Lipinski definition) is 1. The van der Waals surface area contributed by atoms with Gasteiger partial charge in [-0.15, -0.1) is 0 Å². The molecular formula is C15H10BrF2NO3. The summed E-state index contributed by atoms with van der Waals surface area (Å²) in [7, 11) is 0. The van der Waals surface area contributed by atoms with Crippen LogP contribution in [0.4, 0.5) is 14.5 Å². The molecule has 7 heteroatoms. The van der Waals surface area contributed by atoms with Crippen LogP contribution in [0.15, 0.2) is 46.9 Å². The standard InChI is InChI=1S/C15H10BrF2NO3/c16-11-4-2-1-3-10(11)15(21)22-8-14(20)19-13-6-5-9(17)7-12(13)18/h1-7H,8H2,(H,19,20). The largest absolute Gasteiger partial charge is 0.452 e. The molecular weight excluding hydrogens is 360 g/mol. The van der Waals surface area contributed by atoms with E-state index in [4.69, 9.17) is 4.74 Å². The van der Waals surface area contributed by atoms with E-state index in [-0.39, 0.29) is 11.3 Å². The van der Waals surface area contributed by atoms with Gasteiger partial charge in [0, 0.05) is 10.5 Å². The molecule has 0 saturated carbocycles. The molecule has 0 heterocycles. The molecule has 0 aliphatic rings. The van der Waals surface area contributed by atoms with Gasteiger partial charge in [0.1, 0.15) is 11.6 Å². The molecule has 0 radical (unpaired) electrons. The highest BCUT2D eigenvalue weighted by molar-refractivity contribution is 9.10. The zero-order chi connectivity index (χ0) is 16.1. The van der Waals surface area contributed by atoms with E-state index in [1.807, 2.05) is 0 Å². The number of carbonyl (C=O) groups excluding carboxylic acids is 2. The first-order valence-corrected chi connectivity index (χ1v) is 6.93. The molecule has 0 bridgehead atoms. The summed E-state index contributed by atoms with van der Waals surface area (Å²) in [6, 6.07) is 9.29. The third-order valence-electron chi connectivity index (χ3n) is 2.63. The summed E-state index contributed by atoms with van der Waals surface area (Å²) >= 11 is 3.19. The first kappa shape index (κ1) is 16.1. The second kappa shape index (κ2) is 7.13. The van der Waals surface area contributed by atoms with Crippen molar-refractivity contribution in [2.24, 2.45) is 0 Å². The molecule has 0 saturated heterocycles. The van der Waals surface area contributed by atoms with Crippen LogP contribution in [0.3, 0.4) is 0 Å². The number of benzene rings is 2. The number of amides is 1. The molecule has 2 aromatic carbocycles. The summed E-state index contributed by atoms with van der Waals surface area (Å²) in [6.45, 7) is -0.586. The van der Waals surface area contributed by atoms with Crippen LogP contribution in [0.1, 0.15) is 10.4 Å². The summed E-state index contributed by atoms with van der Waals surface area (Å²) < 4.78 is 31.5. The van der Waals surface area contributed by atoms with Gasteiger partial charge in [0.2, 0.25) is 0 Å². The molecule has 2 rings (SSSR count). The van der Waals surface area contributed by atoms with Crippen molar-refractivity contribution in [1.82, 2.24) is 0 Å². The number of carbonyl (C=O) groups is 2. The number of esters is 1. The van der Waals surface area contributed by atoms with Gasteiger partial charge in [-0.3, -0.25) is 4.79 Å². The van der Waals surface area contributed by atoms with Crippen LogP contribution in [-0.4, -0.2) is 18.5 Å². The molecule has 0 aromatic heterocycles. The lowest BCUT2D eigenvalue weighted by Crippen LogP contribution is -2.21. The van der Waals surface area contributed by atoms with Gasteiger partial charge in [-0.25, -0.2) is 13.6 Å². The van der Waals surface area contributed by atoms with Crippen molar-refractivity contribution in [3.8, 4) is 0 Å². The Morgan fingerprint density at radius 1 is 1.14 bits per heavy atom. The Kier molecular flexibility index (Phi) is 5.21. The Morgan fingerprint density at radius 3 is 2.55 bits per heavy atom. The Bertz CT molecular complexity index is 722. The lowest BCUT2D eigenvalue weighted by molar-refractivity contribution is -0.119. The van der Waals surface area contributed by atoms with E-state index in [2.05, 4.69) is 21.2 Å². The molecule has 0 fully saturated rings. The molecule has 1 amide bonds. The molecule has 1 N–H and O–H groups in total. The van der Waals surface area contributed by atoms with Crippen molar-refractivity contribution in [3.05, 3.63) is 64.1 Å². The maximum absolute atomic E-state index is 13.4. The topological polar surface area (TPSA) is 55.4 Å². The van der Waals surface area contributed by atoms with E-state index in [0.29, 0.717) is 10.5 Å². The SMILES string of the molecule is O=C(COC(=O)c1ccccc1Br)Nc1ccc(F)cc1F. The maximum atomic E-state index is 13.4. The zero-order valence-corrected chi connectivity index (χ0v) is 12.7. The lowest BCUT2D eigenvalue weighted by Gasteiger charge is -2.08. The lowest BCUT2D eigenvalue weighted by atomic mass is 10.2. The second-order valence-corrected chi connectivity index (χ2v) is 5.08. The van der Waals surface area contributed by atoms with E-state index in [0.717, 1.165) is 12.1 Å². The van der Waals surface area contributed by atoms with Crippen molar-refractivity contribution in [2.45, 2.75) is 0 Å². The molecule has 114 valence electrons. The molecule has 4 nitrogen and oxygen atoms in total. The molecule has 0 spiro atoms. The van der Waals surface area contributed by atoms with Crippen molar-refractivity contribution in [3.63, 3.8) is 0 Å². The van der Waals surface area contributed by atoms with Crippen LogP contribution in [0, 0.1) is 11.6 Å². The summed E-state index contributed by atoms with van der Waals surface area (Å²) in [5.74, 6) is -3.09. The fourth-order valence-electron chi connectivity index (χ4n) is 1.61. The Balaban J connectivity index is 1.93. The quantitative estimate of drug-likeness (QED) is 0.838. The van der Waals surface area contributed by atoms with Crippen molar-refractivity contribution >= 4 is 33.5 Å². The van der Waals surface area contributed by atoms with Crippen LogP contribution in [0.2, 0.25) is 0 Å². The molecule has 2 aromatic rings. The van der Waals surface area contributed by atoms with Crippen LogP contribution < -0.4 is 5.32 Å². The third kappa shape index (κ3) is 4.11. The van der Waals surface area contributed by atoms with Crippen molar-refractivity contribution in [1.29, 1.82) is 0 Å². The molecule has 0 aliphatic heterocycles. The first-order valence-electron chi connectivity index (χ1n) is 6.14. The Hall–Kier alpha value is -2.28. The minimum atomic E-state index is -0.912. The molecule has 0 atom stereocenters. The van der Waals surface area contributed by atoms with E-state index in [1.54, 1.807) is 18.2 Å². The van der Waals surface area contributed by atoms with E-state index < -0.39 is 30.1 Å². The van der Waals surface area contributed by atoms with E-state index in [9.17, 15) is 18.4 Å². The number of hydrogen-bond acceptors (Lipinski definition) is 3. The second-order valence-electron chi connectivity index (χ2n) is 4.23. The van der Waals surface area contributed by atoms with Gasteiger partial charge in [-0.2, -0.15) is 0 Å². The normalized spacial score (nSPS) is 10.1. The number of rotatable bonds is 4. The monoisotopic (exact) mass is 369 g/mol. The summed E-state index contributed by atoms with van der Waals surface area (Å²) in [5.41, 5.74) is 0.0756. The molecule has 22 heavy (non-hydrogen) atoms. The predicted molar refractivity (Wildman–Crippen MR) is 79.4 cm³/mol. The highest BCUT2D eigenvalue weighted by atomic mass is 79.9. The number of ether oxygens (including phenoxy) is 1. The summed E-state index contributed by atoms with van der Waals surface area (Å²) in [6.07, 6.45) is 0. The van der Waals surface area contributed by atoms with Crippen molar-refractivity contribution < 1.29 is 23.1 Å². The van der Waals surface area contributed by atoms with Gasteiger partial charge in [0.05, 0.1) is 11.3 Å². The number of anilines is 1. The highest BCUT2D eigenvalue weighted by Crippen LogP contribution is 2.17. The highest BCUT2D eigenvalue weighted by Gasteiger charge is 2.14. The third-order valence-corrected chi connectivity index (χ3v) is 3.32. The smallest absolute Gasteiger partial charge is 0.339 e. The van der Waals surface area contributed by atoms with Gasteiger partial charge in [-0.1, -0.05) is 12.1 Å². The van der Waals surface area contributed by atoms with Crippen molar-refractivity contribution in [2.75, 3.05) is 11.9 Å². The van der Waals surface area contributed by atoms with Gasteiger partial charge in [0.25, 0.3) is 5.91 Å². The zero-order valence-electron chi connectivity index (χ0n) is 11.1. The number of halogens is 3. The van der Waals surface area contributed by atoms with Crippen LogP contribution in [0.25, 0.3) is 0 Å². The fraction of sp³-hybridized carbons (Fsp3) is 0.0667. The van der Waals surface area contributed by atoms with E-state index in [1.165, 1.54) is 6.07 Å². The van der Waals surface area contributed by atoms with Crippen LogP contribution >= 0.6 is 15.9 Å². The first-order chi connectivity index (χ1) is 10.5. The Morgan fingerprint density at radius 2 is 1.86 bits per heavy atom. The Labute approximate surface area is 133 Å². The van der Waals surface area contributed by atoms with Gasteiger partial charge in [-0.05, 0) is 40.2 Å². The number of nitrogens with one attached hydrogen (secondary N) is 1. The van der Waals surface area contributed by atoms with Gasteiger partial charge >= 0.3 is 5.97 Å². The van der Waals surface area contributed by atoms with Crippen LogP contribution in [-0.2, 0) is 9.53 Å². The average molecular weight is 370 g/mol. The van der Waals surface area contributed by atoms with Gasteiger partial charge in [0.15, 0.2) is 6.61 Å². The summed E-state index contributed by atoms with van der Waals surface area (Å²) in [5, 5.41) is 2.19.